The molecule has 0 aliphatic carbocycles. The lowest BCUT2D eigenvalue weighted by Gasteiger charge is -2.06. The maximum Gasteiger partial charge on any atom is 0.100 e. The first kappa shape index (κ1) is 13.8. The molecule has 0 unspecified atom stereocenters. The van der Waals surface area contributed by atoms with Gasteiger partial charge in [-0.05, 0) is 24.8 Å². The van der Waals surface area contributed by atoms with E-state index < -0.39 is 0 Å². The Morgan fingerprint density at radius 1 is 1.29 bits per heavy atom. The third-order valence-electron chi connectivity index (χ3n) is 2.28. The topological polar surface area (TPSA) is 24.4 Å². The summed E-state index contributed by atoms with van der Waals surface area (Å²) in [4.78, 5) is 0.763. The molecule has 0 saturated heterocycles. The molecule has 0 fully saturated rings. The number of thiocarbonyl (C=S) groups is 1. The van der Waals surface area contributed by atoms with Crippen molar-refractivity contribution in [3.63, 3.8) is 0 Å². The fourth-order valence-electron chi connectivity index (χ4n) is 1.62. The Labute approximate surface area is 109 Å². The summed E-state index contributed by atoms with van der Waals surface area (Å²) in [5, 5.41) is 4.29. The van der Waals surface area contributed by atoms with Gasteiger partial charge >= 0.3 is 0 Å². The van der Waals surface area contributed by atoms with Gasteiger partial charge in [-0.15, -0.1) is 0 Å². The summed E-state index contributed by atoms with van der Waals surface area (Å²) >= 11 is 5.25. The van der Waals surface area contributed by atoms with Crippen molar-refractivity contribution in [2.24, 2.45) is 11.0 Å². The Hall–Kier alpha value is -1.22. The van der Waals surface area contributed by atoms with Gasteiger partial charge in [0.25, 0.3) is 0 Å². The first-order valence-electron chi connectivity index (χ1n) is 5.94. The highest BCUT2D eigenvalue weighted by molar-refractivity contribution is 7.80. The van der Waals surface area contributed by atoms with Gasteiger partial charge in [0.05, 0.1) is 0 Å². The van der Waals surface area contributed by atoms with Gasteiger partial charge < -0.3 is 0 Å². The van der Waals surface area contributed by atoms with Crippen LogP contribution in [0.5, 0.6) is 0 Å². The molecule has 2 nitrogen and oxygen atoms in total. The van der Waals surface area contributed by atoms with Crippen LogP contribution in [0, 0.1) is 5.92 Å². The van der Waals surface area contributed by atoms with Crippen molar-refractivity contribution in [1.29, 1.82) is 0 Å². The first-order chi connectivity index (χ1) is 8.08. The number of hydrogen-bond acceptors (Lipinski definition) is 2. The summed E-state index contributed by atoms with van der Waals surface area (Å²) in [7, 11) is 0. The quantitative estimate of drug-likeness (QED) is 0.489. The zero-order valence-corrected chi connectivity index (χ0v) is 11.6. The lowest BCUT2D eigenvalue weighted by Crippen LogP contribution is -2.19. The molecule has 92 valence electrons. The van der Waals surface area contributed by atoms with Crippen molar-refractivity contribution in [2.75, 3.05) is 0 Å². The van der Waals surface area contributed by atoms with Crippen LogP contribution in [0.15, 0.2) is 35.4 Å². The van der Waals surface area contributed by atoms with Crippen molar-refractivity contribution < 1.29 is 0 Å². The van der Waals surface area contributed by atoms with Crippen molar-refractivity contribution in [2.45, 2.75) is 33.6 Å². The van der Waals surface area contributed by atoms with Crippen molar-refractivity contribution >= 4 is 22.9 Å². The SMILES string of the molecule is C/C(CC(C)C)=N\NC(=S)Cc1ccccc1. The van der Waals surface area contributed by atoms with Crippen molar-refractivity contribution in [3.05, 3.63) is 35.9 Å². The monoisotopic (exact) mass is 248 g/mol. The second-order valence-electron chi connectivity index (χ2n) is 4.64. The molecule has 0 aliphatic heterocycles. The molecule has 17 heavy (non-hydrogen) atoms. The van der Waals surface area contributed by atoms with Crippen LogP contribution in [0.2, 0.25) is 0 Å². The normalized spacial score (nSPS) is 11.6. The molecule has 0 spiro atoms. The Kier molecular flexibility index (Phi) is 5.84. The minimum atomic E-state index is 0.628. The molecule has 3 heteroatoms. The molecular weight excluding hydrogens is 228 g/mol. The van der Waals surface area contributed by atoms with Crippen LogP contribution in [0.1, 0.15) is 32.8 Å². The van der Waals surface area contributed by atoms with Gasteiger partial charge in [0.2, 0.25) is 0 Å². The fourth-order valence-corrected chi connectivity index (χ4v) is 1.83. The van der Waals surface area contributed by atoms with E-state index in [9.17, 15) is 0 Å². The Morgan fingerprint density at radius 3 is 2.53 bits per heavy atom. The first-order valence-corrected chi connectivity index (χ1v) is 6.34. The Bertz CT molecular complexity index is 382. The van der Waals surface area contributed by atoms with Gasteiger partial charge in [-0.25, -0.2) is 0 Å². The van der Waals surface area contributed by atoms with Gasteiger partial charge in [-0.3, -0.25) is 5.43 Å². The highest BCUT2D eigenvalue weighted by Crippen LogP contribution is 2.02. The average molecular weight is 248 g/mol. The number of benzene rings is 1. The van der Waals surface area contributed by atoms with E-state index >= 15 is 0 Å². The van der Waals surface area contributed by atoms with Crippen molar-refractivity contribution in [3.8, 4) is 0 Å². The van der Waals surface area contributed by atoms with E-state index in [1.54, 1.807) is 0 Å². The van der Waals surface area contributed by atoms with Crippen LogP contribution in [-0.2, 0) is 6.42 Å². The lowest BCUT2D eigenvalue weighted by atomic mass is 10.1. The molecule has 1 rings (SSSR count). The minimum absolute atomic E-state index is 0.628. The summed E-state index contributed by atoms with van der Waals surface area (Å²) in [6, 6.07) is 10.2. The maximum absolute atomic E-state index is 5.25. The molecule has 1 aromatic rings. The molecule has 0 aliphatic rings. The molecule has 0 amide bonds. The maximum atomic E-state index is 5.25. The average Bonchev–Trinajstić information content (AvgIpc) is 2.27. The van der Waals surface area contributed by atoms with E-state index in [0.29, 0.717) is 5.92 Å². The van der Waals surface area contributed by atoms with Gasteiger partial charge in [-0.2, -0.15) is 5.10 Å². The van der Waals surface area contributed by atoms with Gasteiger partial charge in [0.15, 0.2) is 0 Å². The number of hydrazone groups is 1. The molecule has 0 saturated carbocycles. The molecule has 0 radical (unpaired) electrons. The second-order valence-corrected chi connectivity index (χ2v) is 5.14. The summed E-state index contributed by atoms with van der Waals surface area (Å²) < 4.78 is 0. The molecular formula is C14H20N2S. The highest BCUT2D eigenvalue weighted by atomic mass is 32.1. The predicted molar refractivity (Wildman–Crippen MR) is 78.4 cm³/mol. The van der Waals surface area contributed by atoms with E-state index in [-0.39, 0.29) is 0 Å². The molecule has 1 N–H and O–H groups in total. The van der Waals surface area contributed by atoms with Crippen LogP contribution in [0.4, 0.5) is 0 Å². The highest BCUT2D eigenvalue weighted by Gasteiger charge is 1.99. The van der Waals surface area contributed by atoms with Crippen LogP contribution in [0.3, 0.4) is 0 Å². The van der Waals surface area contributed by atoms with Crippen LogP contribution < -0.4 is 5.43 Å². The minimum Gasteiger partial charge on any atom is -0.272 e. The predicted octanol–water partition coefficient (Wildman–Crippen LogP) is 3.57. The summed E-state index contributed by atoms with van der Waals surface area (Å²) in [5.41, 5.74) is 5.26. The van der Waals surface area contributed by atoms with E-state index in [2.05, 4.69) is 36.5 Å². The number of rotatable bonds is 5. The fraction of sp³-hybridized carbons (Fsp3) is 0.429. The van der Waals surface area contributed by atoms with E-state index in [1.807, 2.05) is 25.1 Å². The third-order valence-corrected chi connectivity index (χ3v) is 2.52. The second kappa shape index (κ2) is 7.17. The van der Waals surface area contributed by atoms with Gasteiger partial charge in [-0.1, -0.05) is 56.4 Å². The number of nitrogens with one attached hydrogen (secondary N) is 1. The van der Waals surface area contributed by atoms with Gasteiger partial charge in [0, 0.05) is 12.1 Å². The zero-order chi connectivity index (χ0) is 12.7. The standard InChI is InChI=1S/C14H20N2S/c1-11(2)9-12(3)15-16-14(17)10-13-7-5-4-6-8-13/h4-8,11H,9-10H2,1-3H3,(H,16,17)/b15-12+. The lowest BCUT2D eigenvalue weighted by molar-refractivity contribution is 0.679. The Balaban J connectivity index is 2.40. The summed E-state index contributed by atoms with van der Waals surface area (Å²) in [6.45, 7) is 6.39. The third kappa shape index (κ3) is 6.17. The molecule has 0 bridgehead atoms. The number of nitrogens with zero attached hydrogens (tertiary/aromatic N) is 1. The summed E-state index contributed by atoms with van der Waals surface area (Å²) in [5.74, 6) is 0.628. The Morgan fingerprint density at radius 2 is 1.94 bits per heavy atom. The van der Waals surface area contributed by atoms with Crippen LogP contribution >= 0.6 is 12.2 Å². The molecule has 0 atom stereocenters. The zero-order valence-electron chi connectivity index (χ0n) is 10.7. The molecule has 1 aromatic carbocycles. The van der Waals surface area contributed by atoms with Crippen LogP contribution in [-0.4, -0.2) is 10.7 Å². The number of hydrogen-bond donors (Lipinski definition) is 1. The van der Waals surface area contributed by atoms with E-state index in [0.717, 1.165) is 23.5 Å². The van der Waals surface area contributed by atoms with E-state index in [1.165, 1.54) is 5.56 Å². The molecule has 0 heterocycles. The van der Waals surface area contributed by atoms with Gasteiger partial charge in [0.1, 0.15) is 4.99 Å². The smallest absolute Gasteiger partial charge is 0.100 e. The van der Waals surface area contributed by atoms with E-state index in [4.69, 9.17) is 12.2 Å². The van der Waals surface area contributed by atoms with Crippen LogP contribution in [0.25, 0.3) is 0 Å². The molecule has 0 aromatic heterocycles. The van der Waals surface area contributed by atoms with Crippen molar-refractivity contribution in [1.82, 2.24) is 5.43 Å². The summed E-state index contributed by atoms with van der Waals surface area (Å²) in [6.07, 6.45) is 1.75. The largest absolute Gasteiger partial charge is 0.272 e.